The SMILES string of the molecule is N=C(N=C(N)c1ccc2oc3cccc(-c4ccccc4)c3c2c1)c1ccc(-c2ccccc2)cc1. The molecule has 6 rings (SSSR count). The molecule has 172 valence electrons. The Morgan fingerprint density at radius 1 is 0.611 bits per heavy atom. The maximum absolute atomic E-state index is 8.51. The lowest BCUT2D eigenvalue weighted by atomic mass is 9.99. The van der Waals surface area contributed by atoms with Crippen LogP contribution in [0.4, 0.5) is 0 Å². The quantitative estimate of drug-likeness (QED) is 0.207. The Hall–Kier alpha value is -4.96. The van der Waals surface area contributed by atoms with Crippen molar-refractivity contribution in [3.8, 4) is 22.3 Å². The first kappa shape index (κ1) is 21.6. The van der Waals surface area contributed by atoms with Crippen LogP contribution < -0.4 is 5.73 Å². The summed E-state index contributed by atoms with van der Waals surface area (Å²) in [6.45, 7) is 0. The molecule has 6 aromatic rings. The number of rotatable bonds is 4. The second-order valence-corrected chi connectivity index (χ2v) is 8.65. The smallest absolute Gasteiger partial charge is 0.154 e. The highest BCUT2D eigenvalue weighted by Gasteiger charge is 2.14. The molecule has 4 heteroatoms. The van der Waals surface area contributed by atoms with E-state index >= 15 is 0 Å². The molecule has 0 fully saturated rings. The minimum Gasteiger partial charge on any atom is -0.456 e. The molecule has 5 aromatic carbocycles. The van der Waals surface area contributed by atoms with E-state index in [4.69, 9.17) is 15.6 Å². The van der Waals surface area contributed by atoms with Crippen molar-refractivity contribution < 1.29 is 4.42 Å². The fraction of sp³-hybridized carbons (Fsp3) is 0. The van der Waals surface area contributed by atoms with Crippen molar-refractivity contribution in [2.24, 2.45) is 10.7 Å². The zero-order valence-corrected chi connectivity index (χ0v) is 19.5. The third-order valence-corrected chi connectivity index (χ3v) is 6.37. The third kappa shape index (κ3) is 3.95. The van der Waals surface area contributed by atoms with E-state index in [1.54, 1.807) is 0 Å². The Balaban J connectivity index is 1.35. The number of hydrogen-bond acceptors (Lipinski definition) is 2. The predicted octanol–water partition coefficient (Wildman–Crippen LogP) is 7.65. The molecule has 0 saturated heterocycles. The van der Waals surface area contributed by atoms with E-state index < -0.39 is 0 Å². The van der Waals surface area contributed by atoms with Crippen molar-refractivity contribution >= 4 is 33.6 Å². The summed E-state index contributed by atoms with van der Waals surface area (Å²) >= 11 is 0. The Kier molecular flexibility index (Phi) is 5.39. The number of hydrogen-bond donors (Lipinski definition) is 2. The first-order chi connectivity index (χ1) is 17.7. The number of amidine groups is 2. The molecule has 0 atom stereocenters. The van der Waals surface area contributed by atoms with Crippen LogP contribution in [0.2, 0.25) is 0 Å². The Bertz CT molecular complexity index is 1730. The lowest BCUT2D eigenvalue weighted by Gasteiger charge is -2.06. The van der Waals surface area contributed by atoms with E-state index in [-0.39, 0.29) is 5.84 Å². The summed E-state index contributed by atoms with van der Waals surface area (Å²) < 4.78 is 6.12. The Labute approximate surface area is 208 Å². The van der Waals surface area contributed by atoms with E-state index in [1.807, 2.05) is 91.0 Å². The maximum atomic E-state index is 8.51. The van der Waals surface area contributed by atoms with Gasteiger partial charge in [0, 0.05) is 21.9 Å². The summed E-state index contributed by atoms with van der Waals surface area (Å²) in [6.07, 6.45) is 0. The molecule has 0 saturated carbocycles. The molecule has 4 nitrogen and oxygen atoms in total. The molecule has 0 amide bonds. The fourth-order valence-electron chi connectivity index (χ4n) is 4.55. The largest absolute Gasteiger partial charge is 0.456 e. The van der Waals surface area contributed by atoms with Gasteiger partial charge in [0.15, 0.2) is 5.84 Å². The van der Waals surface area contributed by atoms with Crippen molar-refractivity contribution in [1.82, 2.24) is 0 Å². The van der Waals surface area contributed by atoms with E-state index in [0.717, 1.165) is 49.8 Å². The third-order valence-electron chi connectivity index (χ3n) is 6.37. The molecule has 0 spiro atoms. The molecule has 0 bridgehead atoms. The van der Waals surface area contributed by atoms with Crippen LogP contribution in [0.5, 0.6) is 0 Å². The van der Waals surface area contributed by atoms with Crippen molar-refractivity contribution in [3.63, 3.8) is 0 Å². The van der Waals surface area contributed by atoms with Gasteiger partial charge in [-0.15, -0.1) is 0 Å². The van der Waals surface area contributed by atoms with Crippen LogP contribution in [0, 0.1) is 5.41 Å². The molecule has 0 aliphatic heterocycles. The zero-order chi connectivity index (χ0) is 24.5. The average molecular weight is 466 g/mol. The van der Waals surface area contributed by atoms with E-state index in [0.29, 0.717) is 11.4 Å². The molecule has 1 aromatic heterocycles. The molecule has 0 radical (unpaired) electrons. The molecule has 36 heavy (non-hydrogen) atoms. The second-order valence-electron chi connectivity index (χ2n) is 8.65. The van der Waals surface area contributed by atoms with Gasteiger partial charge in [0.1, 0.15) is 17.0 Å². The van der Waals surface area contributed by atoms with Crippen molar-refractivity contribution in [1.29, 1.82) is 5.41 Å². The highest BCUT2D eigenvalue weighted by Crippen LogP contribution is 2.36. The molecule has 0 aliphatic carbocycles. The number of aliphatic imine (C=N–C) groups is 1. The normalized spacial score (nSPS) is 11.7. The van der Waals surface area contributed by atoms with Crippen LogP contribution in [-0.2, 0) is 0 Å². The van der Waals surface area contributed by atoms with Crippen LogP contribution in [0.3, 0.4) is 0 Å². The summed E-state index contributed by atoms with van der Waals surface area (Å²) in [5.74, 6) is 0.412. The zero-order valence-electron chi connectivity index (χ0n) is 19.5. The summed E-state index contributed by atoms with van der Waals surface area (Å²) in [5.41, 5.74) is 13.9. The molecule has 3 N–H and O–H groups in total. The number of nitrogens with two attached hydrogens (primary N) is 1. The molecular weight excluding hydrogens is 442 g/mol. The van der Waals surface area contributed by atoms with E-state index in [9.17, 15) is 0 Å². The van der Waals surface area contributed by atoms with Crippen LogP contribution in [0.15, 0.2) is 131 Å². The molecule has 0 aliphatic rings. The average Bonchev–Trinajstić information content (AvgIpc) is 3.32. The van der Waals surface area contributed by atoms with Crippen molar-refractivity contribution in [2.45, 2.75) is 0 Å². The van der Waals surface area contributed by atoms with Gasteiger partial charge in [0.2, 0.25) is 0 Å². The van der Waals surface area contributed by atoms with Gasteiger partial charge in [0.05, 0.1) is 0 Å². The van der Waals surface area contributed by atoms with Crippen LogP contribution in [-0.4, -0.2) is 11.7 Å². The number of benzene rings is 5. The lowest BCUT2D eigenvalue weighted by molar-refractivity contribution is 0.669. The summed E-state index contributed by atoms with van der Waals surface area (Å²) in [6, 6.07) is 40.1. The summed E-state index contributed by atoms with van der Waals surface area (Å²) in [7, 11) is 0. The van der Waals surface area contributed by atoms with Gasteiger partial charge in [-0.2, -0.15) is 0 Å². The maximum Gasteiger partial charge on any atom is 0.154 e. The molecule has 0 unspecified atom stereocenters. The van der Waals surface area contributed by atoms with E-state index in [2.05, 4.69) is 35.3 Å². The van der Waals surface area contributed by atoms with Gasteiger partial charge in [-0.1, -0.05) is 97.1 Å². The van der Waals surface area contributed by atoms with Crippen molar-refractivity contribution in [2.75, 3.05) is 0 Å². The summed E-state index contributed by atoms with van der Waals surface area (Å²) in [4.78, 5) is 4.42. The number of nitrogens with zero attached hydrogens (tertiary/aromatic N) is 1. The van der Waals surface area contributed by atoms with Crippen molar-refractivity contribution in [3.05, 3.63) is 132 Å². The van der Waals surface area contributed by atoms with Gasteiger partial charge in [-0.3, -0.25) is 5.41 Å². The topological polar surface area (TPSA) is 75.4 Å². The summed E-state index contributed by atoms with van der Waals surface area (Å²) in [5, 5.41) is 10.5. The predicted molar refractivity (Wildman–Crippen MR) is 149 cm³/mol. The minimum absolute atomic E-state index is 0.120. The first-order valence-corrected chi connectivity index (χ1v) is 11.8. The number of fused-ring (bicyclic) bond motifs is 3. The molecule has 1 heterocycles. The van der Waals surface area contributed by atoms with Crippen LogP contribution in [0.25, 0.3) is 44.2 Å². The standard InChI is InChI=1S/C32H23N3O/c33-31(24-16-14-22(15-17-24)21-8-3-1-4-9-21)35-32(34)25-18-19-28-27(20-25)30-26(12-7-13-29(30)36-28)23-10-5-2-6-11-23/h1-20H,(H3,33,34,35). The Morgan fingerprint density at radius 3 is 1.97 bits per heavy atom. The highest BCUT2D eigenvalue weighted by molar-refractivity contribution is 6.16. The second kappa shape index (κ2) is 9.01. The molecular formula is C32H23N3O. The lowest BCUT2D eigenvalue weighted by Crippen LogP contribution is -2.15. The van der Waals surface area contributed by atoms with Gasteiger partial charge in [0.25, 0.3) is 0 Å². The van der Waals surface area contributed by atoms with Gasteiger partial charge in [-0.05, 0) is 46.5 Å². The van der Waals surface area contributed by atoms with Gasteiger partial charge >= 0.3 is 0 Å². The highest BCUT2D eigenvalue weighted by atomic mass is 16.3. The van der Waals surface area contributed by atoms with Gasteiger partial charge in [-0.25, -0.2) is 4.99 Å². The number of furan rings is 1. The fourth-order valence-corrected chi connectivity index (χ4v) is 4.55. The van der Waals surface area contributed by atoms with Gasteiger partial charge < -0.3 is 10.2 Å². The van der Waals surface area contributed by atoms with Crippen LogP contribution >= 0.6 is 0 Å². The number of nitrogens with one attached hydrogen (secondary N) is 1. The van der Waals surface area contributed by atoms with E-state index in [1.165, 1.54) is 0 Å². The minimum atomic E-state index is 0.120. The first-order valence-electron chi connectivity index (χ1n) is 11.8. The monoisotopic (exact) mass is 465 g/mol. The van der Waals surface area contributed by atoms with Crippen LogP contribution in [0.1, 0.15) is 11.1 Å². The Morgan fingerprint density at radius 2 is 1.25 bits per heavy atom.